The Bertz CT molecular complexity index is 709. The highest BCUT2D eigenvalue weighted by atomic mass is 32.2. The molecule has 0 aliphatic heterocycles. The molecule has 2 rings (SSSR count). The second-order valence-electron chi connectivity index (χ2n) is 5.28. The van der Waals surface area contributed by atoms with E-state index in [-0.39, 0.29) is 12.4 Å². The van der Waals surface area contributed by atoms with Crippen molar-refractivity contribution in [3.8, 4) is 11.5 Å². The highest BCUT2D eigenvalue weighted by molar-refractivity contribution is 7.99. The van der Waals surface area contributed by atoms with E-state index in [9.17, 15) is 18.3 Å². The van der Waals surface area contributed by atoms with Crippen LogP contribution >= 0.6 is 11.8 Å². The fourth-order valence-electron chi connectivity index (χ4n) is 1.86. The molecule has 2 nitrogen and oxygen atoms in total. The number of ether oxygens (including phenoxy) is 1. The molecule has 6 heteroatoms. The summed E-state index contributed by atoms with van der Waals surface area (Å²) in [7, 11) is 0. The van der Waals surface area contributed by atoms with Crippen molar-refractivity contribution >= 4 is 11.8 Å². The smallest absolute Gasteiger partial charge is 0.416 e. The van der Waals surface area contributed by atoms with Crippen LogP contribution in [0.1, 0.15) is 11.1 Å². The average molecular weight is 353 g/mol. The molecule has 2 aromatic carbocycles. The van der Waals surface area contributed by atoms with E-state index in [0.29, 0.717) is 17.1 Å². The lowest BCUT2D eigenvalue weighted by Gasteiger charge is -2.11. The van der Waals surface area contributed by atoms with E-state index in [1.807, 2.05) is 6.07 Å². The highest BCUT2D eigenvalue weighted by Gasteiger charge is 2.29. The maximum absolute atomic E-state index is 12.5. The Kier molecular flexibility index (Phi) is 5.83. The minimum atomic E-state index is -4.35. The Labute approximate surface area is 143 Å². The third-order valence-corrected chi connectivity index (χ3v) is 4.35. The zero-order valence-corrected chi connectivity index (χ0v) is 13.8. The summed E-state index contributed by atoms with van der Waals surface area (Å²) in [6, 6.07) is 9.65. The largest absolute Gasteiger partial charge is 0.489 e. The summed E-state index contributed by atoms with van der Waals surface area (Å²) in [5.41, 5.74) is 0.775. The molecule has 0 atom stereocenters. The molecule has 0 saturated carbocycles. The number of aryl methyl sites for hydroxylation is 1. The van der Waals surface area contributed by atoms with Gasteiger partial charge in [-0.1, -0.05) is 6.58 Å². The van der Waals surface area contributed by atoms with Crippen molar-refractivity contribution < 1.29 is 23.0 Å². The first kappa shape index (κ1) is 18.3. The monoisotopic (exact) mass is 353 g/mol. The van der Waals surface area contributed by atoms with E-state index in [2.05, 4.69) is 6.58 Å². The van der Waals surface area contributed by atoms with Crippen LogP contribution in [-0.4, -0.2) is 12.4 Å². The molecular formula is C18H16F3O2S. The van der Waals surface area contributed by atoms with Crippen LogP contribution in [0.25, 0.3) is 0 Å². The van der Waals surface area contributed by atoms with Crippen molar-refractivity contribution in [2.24, 2.45) is 0 Å². The third-order valence-electron chi connectivity index (χ3n) is 3.21. The van der Waals surface area contributed by atoms with Crippen molar-refractivity contribution in [1.82, 2.24) is 0 Å². The van der Waals surface area contributed by atoms with Gasteiger partial charge >= 0.3 is 6.18 Å². The Morgan fingerprint density at radius 2 is 1.83 bits per heavy atom. The van der Waals surface area contributed by atoms with E-state index in [4.69, 9.17) is 4.74 Å². The molecule has 24 heavy (non-hydrogen) atoms. The first-order chi connectivity index (χ1) is 11.3. The minimum absolute atomic E-state index is 0.00353. The zero-order valence-electron chi connectivity index (χ0n) is 13.0. The van der Waals surface area contributed by atoms with Crippen molar-refractivity contribution in [2.75, 3.05) is 12.4 Å². The van der Waals surface area contributed by atoms with Gasteiger partial charge in [-0.2, -0.15) is 13.2 Å². The fourth-order valence-corrected chi connectivity index (χ4v) is 2.74. The van der Waals surface area contributed by atoms with Crippen LogP contribution < -0.4 is 4.74 Å². The van der Waals surface area contributed by atoms with Crippen molar-refractivity contribution in [3.63, 3.8) is 0 Å². The molecule has 0 aromatic heterocycles. The first-order valence-corrected chi connectivity index (χ1v) is 8.11. The van der Waals surface area contributed by atoms with E-state index in [0.717, 1.165) is 22.6 Å². The summed E-state index contributed by atoms with van der Waals surface area (Å²) in [6.45, 7) is 5.87. The molecule has 0 bridgehead atoms. The van der Waals surface area contributed by atoms with Gasteiger partial charge in [-0.15, -0.1) is 11.8 Å². The minimum Gasteiger partial charge on any atom is -0.489 e. The standard InChI is InChI=1S/C18H16F3O2S/c1-12(11-24-16-7-8-17(22)13(2)9-16)10-23-15-5-3-14(4-6-15)18(19,20)21/h3-9H,1,10-11H2,2H3. The Morgan fingerprint density at radius 3 is 2.42 bits per heavy atom. The molecule has 0 aliphatic rings. The molecular weight excluding hydrogens is 337 g/mol. The van der Waals surface area contributed by atoms with Gasteiger partial charge in [0, 0.05) is 10.6 Å². The Hall–Kier alpha value is -2.08. The SMILES string of the molecule is C=C(COc1ccc(C(F)(F)F)cc1)CSc1ccc([O])c(C)c1. The van der Waals surface area contributed by atoms with Crippen LogP contribution in [0.3, 0.4) is 0 Å². The Balaban J connectivity index is 1.81. The molecule has 0 aliphatic carbocycles. The summed E-state index contributed by atoms with van der Waals surface area (Å²) in [5.74, 6) is 0.961. The summed E-state index contributed by atoms with van der Waals surface area (Å²) in [5, 5.41) is 11.3. The van der Waals surface area contributed by atoms with Gasteiger partial charge in [0.05, 0.1) is 5.56 Å². The van der Waals surface area contributed by atoms with Gasteiger partial charge < -0.3 is 4.74 Å². The van der Waals surface area contributed by atoms with Gasteiger partial charge in [0.25, 0.3) is 0 Å². The van der Waals surface area contributed by atoms with E-state index >= 15 is 0 Å². The second-order valence-corrected chi connectivity index (χ2v) is 6.33. The van der Waals surface area contributed by atoms with Gasteiger partial charge in [0.2, 0.25) is 0 Å². The molecule has 0 saturated heterocycles. The number of alkyl halides is 3. The molecule has 1 radical (unpaired) electrons. The average Bonchev–Trinajstić information content (AvgIpc) is 2.53. The van der Waals surface area contributed by atoms with Crippen LogP contribution in [0.2, 0.25) is 0 Å². The van der Waals surface area contributed by atoms with Crippen molar-refractivity contribution in [3.05, 3.63) is 65.7 Å². The predicted molar refractivity (Wildman–Crippen MR) is 88.1 cm³/mol. The molecule has 127 valence electrons. The number of rotatable bonds is 6. The number of halogens is 3. The summed E-state index contributed by atoms with van der Waals surface area (Å²) in [4.78, 5) is 0.961. The normalized spacial score (nSPS) is 11.3. The fraction of sp³-hybridized carbons (Fsp3) is 0.222. The maximum Gasteiger partial charge on any atom is 0.416 e. The molecule has 0 fully saturated rings. The van der Waals surface area contributed by atoms with E-state index < -0.39 is 11.7 Å². The molecule has 0 heterocycles. The lowest BCUT2D eigenvalue weighted by atomic mass is 10.2. The zero-order chi connectivity index (χ0) is 17.7. The van der Waals surface area contributed by atoms with E-state index in [1.165, 1.54) is 30.0 Å². The summed E-state index contributed by atoms with van der Waals surface area (Å²) >= 11 is 1.53. The highest BCUT2D eigenvalue weighted by Crippen LogP contribution is 2.30. The quantitative estimate of drug-likeness (QED) is 0.479. The van der Waals surface area contributed by atoms with Crippen molar-refractivity contribution in [2.45, 2.75) is 18.0 Å². The number of benzene rings is 2. The number of hydrogen-bond acceptors (Lipinski definition) is 2. The molecule has 0 amide bonds. The number of hydrogen-bond donors (Lipinski definition) is 0. The van der Waals surface area contributed by atoms with Gasteiger partial charge in [0.15, 0.2) is 5.75 Å². The van der Waals surface area contributed by atoms with Crippen LogP contribution in [0, 0.1) is 6.92 Å². The van der Waals surface area contributed by atoms with Gasteiger partial charge in [0.1, 0.15) is 12.4 Å². The summed E-state index contributed by atoms with van der Waals surface area (Å²) in [6.07, 6.45) is -4.35. The van der Waals surface area contributed by atoms with Crippen LogP contribution in [-0.2, 0) is 11.3 Å². The van der Waals surface area contributed by atoms with Gasteiger partial charge in [-0.25, -0.2) is 0 Å². The molecule has 2 aromatic rings. The van der Waals surface area contributed by atoms with Gasteiger partial charge in [-0.3, -0.25) is 5.11 Å². The molecule has 0 N–H and O–H groups in total. The van der Waals surface area contributed by atoms with Crippen LogP contribution in [0.5, 0.6) is 11.5 Å². The van der Waals surface area contributed by atoms with Crippen molar-refractivity contribution in [1.29, 1.82) is 0 Å². The van der Waals surface area contributed by atoms with E-state index in [1.54, 1.807) is 13.0 Å². The lowest BCUT2D eigenvalue weighted by molar-refractivity contribution is -0.137. The van der Waals surface area contributed by atoms with Crippen LogP contribution in [0.4, 0.5) is 13.2 Å². The van der Waals surface area contributed by atoms with Crippen LogP contribution in [0.15, 0.2) is 59.5 Å². The molecule has 0 unspecified atom stereocenters. The lowest BCUT2D eigenvalue weighted by Crippen LogP contribution is -2.05. The van der Waals surface area contributed by atoms with Gasteiger partial charge in [-0.05, 0) is 60.5 Å². The topological polar surface area (TPSA) is 29.1 Å². The third kappa shape index (κ3) is 5.23. The molecule has 0 spiro atoms. The number of thioether (sulfide) groups is 1. The summed E-state index contributed by atoms with van der Waals surface area (Å²) < 4.78 is 42.9. The second kappa shape index (κ2) is 7.66. The maximum atomic E-state index is 12.5. The first-order valence-electron chi connectivity index (χ1n) is 7.13. The Morgan fingerprint density at radius 1 is 1.17 bits per heavy atom. The predicted octanol–water partition coefficient (Wildman–Crippen LogP) is 5.88.